The first kappa shape index (κ1) is 29.8. The summed E-state index contributed by atoms with van der Waals surface area (Å²) in [5, 5.41) is 9.19. The minimum Gasteiger partial charge on any atom is -0.493 e. The molecular formula is C30H41N3O6. The Kier molecular flexibility index (Phi) is 9.83. The van der Waals surface area contributed by atoms with Crippen molar-refractivity contribution in [2.75, 3.05) is 26.6 Å². The zero-order chi connectivity index (χ0) is 28.9. The van der Waals surface area contributed by atoms with Crippen molar-refractivity contribution in [2.45, 2.75) is 72.0 Å². The van der Waals surface area contributed by atoms with Crippen LogP contribution >= 0.6 is 0 Å². The lowest BCUT2D eigenvalue weighted by Gasteiger charge is -2.25. The number of fused-ring (bicyclic) bond motifs is 3. The predicted molar refractivity (Wildman–Crippen MR) is 153 cm³/mol. The van der Waals surface area contributed by atoms with Gasteiger partial charge in [0.2, 0.25) is 23.0 Å². The number of anilines is 1. The Morgan fingerprint density at radius 3 is 2.28 bits per heavy atom. The molecule has 9 heteroatoms. The van der Waals surface area contributed by atoms with Crippen LogP contribution in [0.5, 0.6) is 17.2 Å². The van der Waals surface area contributed by atoms with Gasteiger partial charge >= 0.3 is 0 Å². The van der Waals surface area contributed by atoms with Crippen molar-refractivity contribution in [3.63, 3.8) is 0 Å². The summed E-state index contributed by atoms with van der Waals surface area (Å²) in [5.41, 5.74) is 3.14. The molecule has 1 aliphatic carbocycles. The molecule has 0 fully saturated rings. The van der Waals surface area contributed by atoms with Crippen molar-refractivity contribution >= 4 is 17.5 Å². The van der Waals surface area contributed by atoms with Crippen molar-refractivity contribution < 1.29 is 23.8 Å². The number of carbonyl (C=O) groups excluding carboxylic acids is 2. The number of benzene rings is 1. The molecule has 0 aromatic heterocycles. The molecule has 1 aliphatic rings. The van der Waals surface area contributed by atoms with E-state index in [0.29, 0.717) is 41.3 Å². The summed E-state index contributed by atoms with van der Waals surface area (Å²) >= 11 is 0. The van der Waals surface area contributed by atoms with Gasteiger partial charge in [0.25, 0.3) is 0 Å². The van der Waals surface area contributed by atoms with Crippen LogP contribution < -0.4 is 35.6 Å². The van der Waals surface area contributed by atoms with Crippen LogP contribution in [0.1, 0.15) is 64.6 Å². The highest BCUT2D eigenvalue weighted by Gasteiger charge is 2.30. The maximum absolute atomic E-state index is 13.6. The molecule has 0 bridgehead atoms. The van der Waals surface area contributed by atoms with Gasteiger partial charge in [-0.25, -0.2) is 0 Å². The average Bonchev–Trinajstić information content (AvgIpc) is 3.13. The molecular weight excluding hydrogens is 498 g/mol. The monoisotopic (exact) mass is 539 g/mol. The van der Waals surface area contributed by atoms with Gasteiger partial charge in [0.15, 0.2) is 11.5 Å². The van der Waals surface area contributed by atoms with Gasteiger partial charge in [0, 0.05) is 18.5 Å². The Bertz CT molecular complexity index is 1280. The Labute approximate surface area is 230 Å². The van der Waals surface area contributed by atoms with E-state index < -0.39 is 12.1 Å². The van der Waals surface area contributed by atoms with Gasteiger partial charge in [-0.1, -0.05) is 26.3 Å². The van der Waals surface area contributed by atoms with Crippen LogP contribution in [-0.2, 0) is 16.0 Å². The Balaban J connectivity index is 2.28. The minimum absolute atomic E-state index is 0.0174. The summed E-state index contributed by atoms with van der Waals surface area (Å²) in [6.45, 7) is 9.26. The van der Waals surface area contributed by atoms with Crippen molar-refractivity contribution in [1.82, 2.24) is 10.6 Å². The summed E-state index contributed by atoms with van der Waals surface area (Å²) in [5.74, 6) is 1.09. The number of carbonyl (C=O) groups is 2. The highest BCUT2D eigenvalue weighted by atomic mass is 16.5. The predicted octanol–water partition coefficient (Wildman–Crippen LogP) is 4.21. The molecule has 0 heterocycles. The largest absolute Gasteiger partial charge is 0.493 e. The summed E-state index contributed by atoms with van der Waals surface area (Å²) < 4.78 is 17.1. The molecule has 0 spiro atoms. The van der Waals surface area contributed by atoms with E-state index in [-0.39, 0.29) is 29.2 Å². The number of aryl methyl sites for hydroxylation is 1. The van der Waals surface area contributed by atoms with Gasteiger partial charge in [0.1, 0.15) is 6.04 Å². The number of hydrogen-bond donors (Lipinski definition) is 3. The molecule has 2 aromatic rings. The molecule has 39 heavy (non-hydrogen) atoms. The SMILES string of the molecule is CCC(C)C(Nc1ccc2c(cc1=O)C(NC(C)=O)CCc1cc(OC)c(OC)c(OC)c1-2)C(=O)NC(C)C. The van der Waals surface area contributed by atoms with Crippen LogP contribution in [0.4, 0.5) is 5.69 Å². The van der Waals surface area contributed by atoms with Crippen molar-refractivity contribution in [3.8, 4) is 28.4 Å². The standard InChI is InChI=1S/C30H41N3O6/c1-9-17(4)27(30(36)31-16(2)3)33-23-13-11-20-21(15-24(23)35)22(32-18(5)34)12-10-19-14-25(37-6)28(38-7)29(39-8)26(19)20/h11,13-17,22,27H,9-10,12H2,1-8H3,(H,31,36)(H,32,34)(H,33,35). The van der Waals surface area contributed by atoms with Crippen molar-refractivity contribution in [3.05, 3.63) is 45.6 Å². The van der Waals surface area contributed by atoms with Crippen LogP contribution in [0.25, 0.3) is 11.1 Å². The molecule has 3 N–H and O–H groups in total. The molecule has 2 aromatic carbocycles. The number of rotatable bonds is 10. The Hall–Kier alpha value is -3.75. The second-order valence-electron chi connectivity index (χ2n) is 10.3. The van der Waals surface area contributed by atoms with E-state index in [0.717, 1.165) is 23.1 Å². The molecule has 0 saturated heterocycles. The lowest BCUT2D eigenvalue weighted by molar-refractivity contribution is -0.123. The third-order valence-electron chi connectivity index (χ3n) is 7.15. The number of hydrogen-bond acceptors (Lipinski definition) is 7. The van der Waals surface area contributed by atoms with Crippen LogP contribution in [-0.4, -0.2) is 45.2 Å². The normalized spacial score (nSPS) is 15.7. The molecule has 2 amide bonds. The average molecular weight is 540 g/mol. The van der Waals surface area contributed by atoms with Gasteiger partial charge in [-0.15, -0.1) is 0 Å². The fourth-order valence-electron chi connectivity index (χ4n) is 5.07. The second kappa shape index (κ2) is 12.9. The zero-order valence-electron chi connectivity index (χ0n) is 24.2. The zero-order valence-corrected chi connectivity index (χ0v) is 24.2. The van der Waals surface area contributed by atoms with Crippen LogP contribution in [0.15, 0.2) is 29.1 Å². The number of methoxy groups -OCH3 is 3. The molecule has 0 aliphatic heterocycles. The summed E-state index contributed by atoms with van der Waals surface area (Å²) in [6.07, 6.45) is 1.93. The van der Waals surface area contributed by atoms with E-state index in [1.54, 1.807) is 33.5 Å². The first-order chi connectivity index (χ1) is 18.6. The molecule has 3 atom stereocenters. The molecule has 0 radical (unpaired) electrons. The quantitative estimate of drug-likeness (QED) is 0.414. The van der Waals surface area contributed by atoms with E-state index in [1.807, 2.05) is 39.8 Å². The third-order valence-corrected chi connectivity index (χ3v) is 7.15. The van der Waals surface area contributed by atoms with E-state index in [4.69, 9.17) is 14.2 Å². The first-order valence-electron chi connectivity index (χ1n) is 13.4. The molecule has 212 valence electrons. The van der Waals surface area contributed by atoms with Crippen LogP contribution in [0.2, 0.25) is 0 Å². The fraction of sp³-hybridized carbons (Fsp3) is 0.500. The maximum Gasteiger partial charge on any atom is 0.242 e. The second-order valence-corrected chi connectivity index (χ2v) is 10.3. The molecule has 3 unspecified atom stereocenters. The third kappa shape index (κ3) is 6.46. The van der Waals surface area contributed by atoms with Crippen molar-refractivity contribution in [2.24, 2.45) is 5.92 Å². The summed E-state index contributed by atoms with van der Waals surface area (Å²) in [6, 6.07) is 5.98. The topological polar surface area (TPSA) is 115 Å². The highest BCUT2D eigenvalue weighted by molar-refractivity contribution is 5.86. The van der Waals surface area contributed by atoms with Gasteiger partial charge < -0.3 is 30.2 Å². The van der Waals surface area contributed by atoms with Crippen LogP contribution in [0.3, 0.4) is 0 Å². The summed E-state index contributed by atoms with van der Waals surface area (Å²) in [4.78, 5) is 38.8. The molecule has 0 saturated carbocycles. The maximum atomic E-state index is 13.6. The van der Waals surface area contributed by atoms with E-state index in [1.165, 1.54) is 6.92 Å². The van der Waals surface area contributed by atoms with Gasteiger partial charge in [0.05, 0.1) is 33.1 Å². The first-order valence-corrected chi connectivity index (χ1v) is 13.4. The smallest absolute Gasteiger partial charge is 0.242 e. The lowest BCUT2D eigenvalue weighted by Crippen LogP contribution is -2.46. The Morgan fingerprint density at radius 2 is 1.72 bits per heavy atom. The molecule has 3 rings (SSSR count). The summed E-state index contributed by atoms with van der Waals surface area (Å²) in [7, 11) is 4.68. The van der Waals surface area contributed by atoms with E-state index >= 15 is 0 Å². The van der Waals surface area contributed by atoms with Gasteiger partial charge in [-0.2, -0.15) is 0 Å². The van der Waals surface area contributed by atoms with Crippen molar-refractivity contribution in [1.29, 1.82) is 0 Å². The highest BCUT2D eigenvalue weighted by Crippen LogP contribution is 2.50. The van der Waals surface area contributed by atoms with Gasteiger partial charge in [-0.3, -0.25) is 14.4 Å². The van der Waals surface area contributed by atoms with Crippen LogP contribution in [0, 0.1) is 5.92 Å². The number of nitrogens with one attached hydrogen (secondary N) is 3. The lowest BCUT2D eigenvalue weighted by atomic mass is 9.95. The molecule has 9 nitrogen and oxygen atoms in total. The minimum atomic E-state index is -0.593. The number of amides is 2. The van der Waals surface area contributed by atoms with E-state index in [9.17, 15) is 14.4 Å². The number of ether oxygens (including phenoxy) is 3. The van der Waals surface area contributed by atoms with E-state index in [2.05, 4.69) is 16.0 Å². The Morgan fingerprint density at radius 1 is 1.03 bits per heavy atom. The van der Waals surface area contributed by atoms with Gasteiger partial charge in [-0.05, 0) is 67.5 Å². The fourth-order valence-corrected chi connectivity index (χ4v) is 5.07.